The average Bonchev–Trinajstić information content (AvgIpc) is 2.93. The van der Waals surface area contributed by atoms with Gasteiger partial charge in [0.1, 0.15) is 16.9 Å². The van der Waals surface area contributed by atoms with Crippen molar-refractivity contribution in [3.05, 3.63) is 74.6 Å². The third-order valence-corrected chi connectivity index (χ3v) is 5.79. The zero-order chi connectivity index (χ0) is 21.6. The summed E-state index contributed by atoms with van der Waals surface area (Å²) in [5.41, 5.74) is 0.415. The van der Waals surface area contributed by atoms with Crippen molar-refractivity contribution in [3.63, 3.8) is 0 Å². The molecule has 8 heteroatoms. The molecule has 0 radical (unpaired) electrons. The summed E-state index contributed by atoms with van der Waals surface area (Å²) in [4.78, 5) is 39.0. The third kappa shape index (κ3) is 3.21. The summed E-state index contributed by atoms with van der Waals surface area (Å²) in [6, 6.07) is 11.0. The van der Waals surface area contributed by atoms with E-state index in [1.807, 2.05) is 0 Å². The molecule has 0 aliphatic carbocycles. The summed E-state index contributed by atoms with van der Waals surface area (Å²) in [7, 11) is 1.55. The van der Waals surface area contributed by atoms with Gasteiger partial charge in [-0.1, -0.05) is 23.7 Å². The highest BCUT2D eigenvalue weighted by molar-refractivity contribution is 6.32. The maximum absolute atomic E-state index is 13.2. The van der Waals surface area contributed by atoms with Gasteiger partial charge in [0.15, 0.2) is 0 Å². The number of hydrogen-bond acceptors (Lipinski definition) is 5. The lowest BCUT2D eigenvalue weighted by atomic mass is 9.92. The second-order valence-corrected chi connectivity index (χ2v) is 7.77. The van der Waals surface area contributed by atoms with Crippen LogP contribution in [0, 0.1) is 6.92 Å². The van der Waals surface area contributed by atoms with E-state index in [0.29, 0.717) is 32.9 Å². The zero-order valence-corrected chi connectivity index (χ0v) is 17.4. The molecule has 1 aliphatic heterocycles. The fourth-order valence-corrected chi connectivity index (χ4v) is 3.77. The molecule has 0 unspecified atom stereocenters. The summed E-state index contributed by atoms with van der Waals surface area (Å²) in [6.07, 6.45) is 0. The molecule has 7 nitrogen and oxygen atoms in total. The number of methoxy groups -OCH3 is 1. The molecule has 3 amide bonds. The monoisotopic (exact) mass is 426 g/mol. The van der Waals surface area contributed by atoms with Crippen LogP contribution in [0.25, 0.3) is 11.0 Å². The van der Waals surface area contributed by atoms with E-state index in [2.05, 4.69) is 5.32 Å². The van der Waals surface area contributed by atoms with Gasteiger partial charge in [-0.15, -0.1) is 0 Å². The van der Waals surface area contributed by atoms with Crippen LogP contribution >= 0.6 is 11.6 Å². The minimum Gasteiger partial charge on any atom is -0.497 e. The Morgan fingerprint density at radius 1 is 1.13 bits per heavy atom. The minimum atomic E-state index is -1.23. The van der Waals surface area contributed by atoms with E-state index in [4.69, 9.17) is 20.8 Å². The van der Waals surface area contributed by atoms with E-state index in [9.17, 15) is 14.4 Å². The van der Waals surface area contributed by atoms with Crippen LogP contribution < -0.4 is 15.7 Å². The van der Waals surface area contributed by atoms with E-state index in [-0.39, 0.29) is 6.54 Å². The van der Waals surface area contributed by atoms with Gasteiger partial charge in [-0.05, 0) is 54.8 Å². The molecule has 0 spiro atoms. The zero-order valence-electron chi connectivity index (χ0n) is 16.6. The van der Waals surface area contributed by atoms with E-state index in [0.717, 1.165) is 10.5 Å². The molecule has 4 rings (SSSR count). The van der Waals surface area contributed by atoms with E-state index in [1.165, 1.54) is 6.07 Å². The highest BCUT2D eigenvalue weighted by atomic mass is 35.5. The van der Waals surface area contributed by atoms with Crippen molar-refractivity contribution in [3.8, 4) is 5.75 Å². The van der Waals surface area contributed by atoms with Crippen LogP contribution in [0.3, 0.4) is 0 Å². The predicted molar refractivity (Wildman–Crippen MR) is 112 cm³/mol. The molecule has 0 bridgehead atoms. The standard InChI is InChI=1S/C22H19ClN2O5/c1-12-8-18-16(10-17(12)23)13(9-19(26)30-18)11-25-20(27)22(2,24-21(25)28)14-4-6-15(29-3)7-5-14/h4-10H,11H2,1-3H3,(H,24,28)/t22-/m1/s1. The number of urea groups is 1. The first-order chi connectivity index (χ1) is 14.2. The molecule has 1 aromatic heterocycles. The number of hydrogen-bond donors (Lipinski definition) is 1. The Hall–Kier alpha value is -3.32. The Balaban J connectivity index is 1.72. The maximum Gasteiger partial charge on any atom is 0.336 e. The molecule has 3 aromatic rings. The van der Waals surface area contributed by atoms with Crippen molar-refractivity contribution in [2.24, 2.45) is 0 Å². The van der Waals surface area contributed by atoms with Crippen LogP contribution in [-0.2, 0) is 16.9 Å². The predicted octanol–water partition coefficient (Wildman–Crippen LogP) is 3.73. The highest BCUT2D eigenvalue weighted by Gasteiger charge is 2.49. The van der Waals surface area contributed by atoms with Gasteiger partial charge in [-0.3, -0.25) is 9.69 Å². The van der Waals surface area contributed by atoms with Crippen LogP contribution in [0.15, 0.2) is 51.7 Å². The number of rotatable bonds is 4. The number of carbonyl (C=O) groups excluding carboxylic acids is 2. The van der Waals surface area contributed by atoms with Crippen LogP contribution in [0.5, 0.6) is 5.75 Å². The minimum absolute atomic E-state index is 0.0854. The second-order valence-electron chi connectivity index (χ2n) is 7.36. The van der Waals surface area contributed by atoms with Crippen LogP contribution in [0.1, 0.15) is 23.6 Å². The number of ether oxygens (including phenoxy) is 1. The Morgan fingerprint density at radius 2 is 1.83 bits per heavy atom. The van der Waals surface area contributed by atoms with Gasteiger partial charge in [-0.2, -0.15) is 0 Å². The second kappa shape index (κ2) is 7.18. The molecule has 1 aliphatic rings. The largest absolute Gasteiger partial charge is 0.497 e. The summed E-state index contributed by atoms with van der Waals surface area (Å²) < 4.78 is 10.4. The molecule has 1 N–H and O–H groups in total. The fourth-order valence-electron chi connectivity index (χ4n) is 3.61. The Labute approximate surface area is 177 Å². The first-order valence-electron chi connectivity index (χ1n) is 9.24. The molecule has 30 heavy (non-hydrogen) atoms. The lowest BCUT2D eigenvalue weighted by molar-refractivity contribution is -0.131. The van der Waals surface area contributed by atoms with Crippen molar-refractivity contribution >= 4 is 34.5 Å². The molecule has 1 atom stereocenters. The smallest absolute Gasteiger partial charge is 0.336 e. The molecule has 2 aromatic carbocycles. The SMILES string of the molecule is COc1ccc([C@@]2(C)NC(=O)N(Cc3cc(=O)oc4cc(C)c(Cl)cc34)C2=O)cc1. The van der Waals surface area contributed by atoms with Crippen molar-refractivity contribution in [1.82, 2.24) is 10.2 Å². The van der Waals surface area contributed by atoms with E-state index >= 15 is 0 Å². The summed E-state index contributed by atoms with van der Waals surface area (Å²) in [5.74, 6) is 0.225. The molecule has 1 fully saturated rings. The quantitative estimate of drug-likeness (QED) is 0.507. The molecule has 154 valence electrons. The Bertz CT molecular complexity index is 1230. The molecule has 1 saturated heterocycles. The van der Waals surface area contributed by atoms with E-state index in [1.54, 1.807) is 57.4 Å². The van der Waals surface area contributed by atoms with Gasteiger partial charge in [0, 0.05) is 16.5 Å². The fraction of sp³-hybridized carbons (Fsp3) is 0.227. The topological polar surface area (TPSA) is 88.8 Å². The van der Waals surface area contributed by atoms with Crippen molar-refractivity contribution in [2.45, 2.75) is 25.9 Å². The van der Waals surface area contributed by atoms with Crippen LogP contribution in [-0.4, -0.2) is 23.9 Å². The summed E-state index contributed by atoms with van der Waals surface area (Å²) in [5, 5.41) is 3.83. The van der Waals surface area contributed by atoms with Gasteiger partial charge in [0.25, 0.3) is 5.91 Å². The van der Waals surface area contributed by atoms with Gasteiger partial charge >= 0.3 is 11.7 Å². The first kappa shape index (κ1) is 20.0. The van der Waals surface area contributed by atoms with Crippen LogP contribution in [0.2, 0.25) is 5.02 Å². The Kier molecular flexibility index (Phi) is 4.78. The maximum atomic E-state index is 13.2. The van der Waals surface area contributed by atoms with Crippen molar-refractivity contribution in [2.75, 3.05) is 7.11 Å². The number of halogens is 1. The number of carbonyl (C=O) groups is 2. The lowest BCUT2D eigenvalue weighted by Crippen LogP contribution is -2.40. The normalized spacial score (nSPS) is 18.7. The molecule has 0 saturated carbocycles. The summed E-state index contributed by atoms with van der Waals surface area (Å²) in [6.45, 7) is 3.36. The van der Waals surface area contributed by atoms with Crippen molar-refractivity contribution in [1.29, 1.82) is 0 Å². The molecular formula is C22H19ClN2O5. The molecule has 2 heterocycles. The van der Waals surface area contributed by atoms with E-state index < -0.39 is 23.1 Å². The first-order valence-corrected chi connectivity index (χ1v) is 9.62. The van der Waals surface area contributed by atoms with Crippen LogP contribution in [0.4, 0.5) is 4.79 Å². The number of imide groups is 1. The Morgan fingerprint density at radius 3 is 2.50 bits per heavy atom. The average molecular weight is 427 g/mol. The molecular weight excluding hydrogens is 408 g/mol. The third-order valence-electron chi connectivity index (χ3n) is 5.38. The van der Waals surface area contributed by atoms with Crippen molar-refractivity contribution < 1.29 is 18.7 Å². The van der Waals surface area contributed by atoms with Gasteiger partial charge in [0.05, 0.1) is 13.7 Å². The lowest BCUT2D eigenvalue weighted by Gasteiger charge is -2.22. The number of amides is 3. The highest BCUT2D eigenvalue weighted by Crippen LogP contribution is 2.32. The number of aryl methyl sites for hydroxylation is 1. The number of benzene rings is 2. The van der Waals surface area contributed by atoms with Gasteiger partial charge in [0.2, 0.25) is 0 Å². The van der Waals surface area contributed by atoms with Gasteiger partial charge < -0.3 is 14.5 Å². The van der Waals surface area contributed by atoms with Gasteiger partial charge in [-0.25, -0.2) is 9.59 Å². The summed E-state index contributed by atoms with van der Waals surface area (Å²) >= 11 is 6.23. The number of nitrogens with zero attached hydrogens (tertiary/aromatic N) is 1. The number of fused-ring (bicyclic) bond motifs is 1. The number of nitrogens with one attached hydrogen (secondary N) is 1.